The van der Waals surface area contributed by atoms with Crippen LogP contribution in [0.3, 0.4) is 0 Å². The fourth-order valence-electron chi connectivity index (χ4n) is 2.37. The molecule has 0 aliphatic carbocycles. The van der Waals surface area contributed by atoms with Crippen LogP contribution in [0, 0.1) is 5.41 Å². The Hall–Kier alpha value is -2.09. The summed E-state index contributed by atoms with van der Waals surface area (Å²) in [5, 5.41) is 0. The van der Waals surface area contributed by atoms with E-state index >= 15 is 0 Å². The summed E-state index contributed by atoms with van der Waals surface area (Å²) in [7, 11) is 0. The van der Waals surface area contributed by atoms with Gasteiger partial charge in [-0.25, -0.2) is 0 Å². The van der Waals surface area contributed by atoms with Crippen LogP contribution in [0.2, 0.25) is 0 Å². The summed E-state index contributed by atoms with van der Waals surface area (Å²) < 4.78 is 5.64. The van der Waals surface area contributed by atoms with Crippen molar-refractivity contribution in [1.82, 2.24) is 0 Å². The van der Waals surface area contributed by atoms with Crippen molar-refractivity contribution >= 4 is 11.9 Å². The molecule has 0 bridgehead atoms. The highest BCUT2D eigenvalue weighted by molar-refractivity contribution is 5.82. The first kappa shape index (κ1) is 17.3. The Bertz CT molecular complexity index is 631. The third-order valence-electron chi connectivity index (χ3n) is 3.29. The molecule has 0 spiro atoms. The van der Waals surface area contributed by atoms with Crippen LogP contribution < -0.4 is 4.74 Å². The predicted octanol–water partition coefficient (Wildman–Crippen LogP) is 5.81. The van der Waals surface area contributed by atoms with Crippen LogP contribution in [0.15, 0.2) is 53.5 Å². The van der Waals surface area contributed by atoms with Crippen molar-refractivity contribution in [3.8, 4) is 5.75 Å². The van der Waals surface area contributed by atoms with Gasteiger partial charge in [-0.2, -0.15) is 0 Å². The summed E-state index contributed by atoms with van der Waals surface area (Å²) in [6, 6.07) is 16.5. The Morgan fingerprint density at radius 1 is 0.957 bits per heavy atom. The van der Waals surface area contributed by atoms with E-state index in [2.05, 4.69) is 50.0 Å². The first-order chi connectivity index (χ1) is 10.8. The van der Waals surface area contributed by atoms with Crippen molar-refractivity contribution < 1.29 is 4.74 Å². The quantitative estimate of drug-likeness (QED) is 0.638. The van der Waals surface area contributed by atoms with E-state index in [4.69, 9.17) is 4.74 Å². The lowest BCUT2D eigenvalue weighted by Gasteiger charge is -2.17. The van der Waals surface area contributed by atoms with E-state index in [0.717, 1.165) is 23.4 Å². The minimum absolute atomic E-state index is 0.195. The third kappa shape index (κ3) is 6.27. The van der Waals surface area contributed by atoms with Crippen molar-refractivity contribution in [2.45, 2.75) is 47.1 Å². The van der Waals surface area contributed by atoms with Crippen molar-refractivity contribution in [2.24, 2.45) is 10.4 Å². The van der Waals surface area contributed by atoms with Crippen molar-refractivity contribution in [3.63, 3.8) is 0 Å². The number of hydrogen-bond acceptors (Lipinski definition) is 2. The highest BCUT2D eigenvalue weighted by atomic mass is 16.5. The maximum absolute atomic E-state index is 5.64. The zero-order valence-corrected chi connectivity index (χ0v) is 14.8. The first-order valence-corrected chi connectivity index (χ1v) is 8.21. The monoisotopic (exact) mass is 309 g/mol. The Labute approximate surface area is 140 Å². The van der Waals surface area contributed by atoms with Gasteiger partial charge in [0.25, 0.3) is 0 Å². The van der Waals surface area contributed by atoms with Gasteiger partial charge < -0.3 is 4.74 Å². The second kappa shape index (κ2) is 7.45. The maximum Gasteiger partial charge on any atom is 0.119 e. The van der Waals surface area contributed by atoms with E-state index in [9.17, 15) is 0 Å². The van der Waals surface area contributed by atoms with Crippen molar-refractivity contribution in [1.29, 1.82) is 0 Å². The Balaban J connectivity index is 1.99. The molecular weight excluding hydrogens is 282 g/mol. The van der Waals surface area contributed by atoms with Crippen molar-refractivity contribution in [3.05, 3.63) is 59.7 Å². The fraction of sp³-hybridized carbons (Fsp3) is 0.381. The van der Waals surface area contributed by atoms with E-state index in [0.29, 0.717) is 5.41 Å². The average molecular weight is 309 g/mol. The second-order valence-electron chi connectivity index (χ2n) is 7.40. The molecule has 0 aliphatic rings. The molecule has 23 heavy (non-hydrogen) atoms. The summed E-state index contributed by atoms with van der Waals surface area (Å²) in [6.07, 6.45) is 3.16. The summed E-state index contributed by atoms with van der Waals surface area (Å²) in [4.78, 5) is 4.54. The molecule has 0 saturated heterocycles. The second-order valence-corrected chi connectivity index (χ2v) is 7.40. The number of nitrogens with zero attached hydrogens (tertiary/aromatic N) is 1. The van der Waals surface area contributed by atoms with Crippen LogP contribution in [0.25, 0.3) is 0 Å². The molecule has 0 aromatic heterocycles. The molecule has 2 aromatic carbocycles. The largest absolute Gasteiger partial charge is 0.491 e. The van der Waals surface area contributed by atoms with E-state index in [1.807, 2.05) is 44.3 Å². The topological polar surface area (TPSA) is 21.6 Å². The lowest BCUT2D eigenvalue weighted by Crippen LogP contribution is -2.08. The van der Waals surface area contributed by atoms with Gasteiger partial charge in [0.15, 0.2) is 0 Å². The lowest BCUT2D eigenvalue weighted by atomic mass is 9.88. The molecule has 0 unspecified atom stereocenters. The maximum atomic E-state index is 5.64. The molecule has 0 N–H and O–H groups in total. The van der Waals surface area contributed by atoms with Gasteiger partial charge in [-0.15, -0.1) is 0 Å². The standard InChI is InChI=1S/C21H27NO/c1-16(2)23-20-12-8-18(9-13-20)15-22-19-10-6-17(7-11-19)14-21(3,4)5/h6-13,15-16H,14H2,1-5H3. The van der Waals surface area contributed by atoms with E-state index in [1.54, 1.807) is 0 Å². The summed E-state index contributed by atoms with van der Waals surface area (Å²) in [6.45, 7) is 10.8. The molecule has 2 rings (SSSR count). The average Bonchev–Trinajstić information content (AvgIpc) is 2.46. The van der Waals surface area contributed by atoms with Gasteiger partial charge in [-0.05, 0) is 73.2 Å². The van der Waals surface area contributed by atoms with Crippen LogP contribution in [-0.4, -0.2) is 12.3 Å². The van der Waals surface area contributed by atoms with Gasteiger partial charge >= 0.3 is 0 Å². The summed E-state index contributed by atoms with van der Waals surface area (Å²) in [5.74, 6) is 0.892. The molecule has 2 nitrogen and oxygen atoms in total. The summed E-state index contributed by atoms with van der Waals surface area (Å²) in [5.41, 5.74) is 3.71. The molecule has 0 heterocycles. The molecule has 0 radical (unpaired) electrons. The third-order valence-corrected chi connectivity index (χ3v) is 3.29. The van der Waals surface area contributed by atoms with Gasteiger partial charge in [0.05, 0.1) is 11.8 Å². The van der Waals surface area contributed by atoms with Gasteiger partial charge in [0.1, 0.15) is 5.75 Å². The van der Waals surface area contributed by atoms with E-state index in [1.165, 1.54) is 5.56 Å². The van der Waals surface area contributed by atoms with Crippen LogP contribution in [-0.2, 0) is 6.42 Å². The predicted molar refractivity (Wildman–Crippen MR) is 99.1 cm³/mol. The van der Waals surface area contributed by atoms with Crippen molar-refractivity contribution in [2.75, 3.05) is 0 Å². The Morgan fingerprint density at radius 2 is 1.57 bits per heavy atom. The molecule has 2 heteroatoms. The fourth-order valence-corrected chi connectivity index (χ4v) is 2.37. The molecule has 0 fully saturated rings. The Morgan fingerprint density at radius 3 is 2.09 bits per heavy atom. The lowest BCUT2D eigenvalue weighted by molar-refractivity contribution is 0.242. The van der Waals surface area contributed by atoms with Gasteiger partial charge in [-0.3, -0.25) is 4.99 Å². The van der Waals surface area contributed by atoms with E-state index in [-0.39, 0.29) is 6.10 Å². The van der Waals surface area contributed by atoms with Crippen LogP contribution in [0.1, 0.15) is 45.7 Å². The zero-order valence-electron chi connectivity index (χ0n) is 14.8. The SMILES string of the molecule is CC(C)Oc1ccc(C=Nc2ccc(CC(C)(C)C)cc2)cc1. The first-order valence-electron chi connectivity index (χ1n) is 8.21. The van der Waals surface area contributed by atoms with E-state index < -0.39 is 0 Å². The number of aliphatic imine (C=N–C) groups is 1. The molecule has 0 aliphatic heterocycles. The van der Waals surface area contributed by atoms with Crippen LogP contribution in [0.4, 0.5) is 5.69 Å². The minimum atomic E-state index is 0.195. The van der Waals surface area contributed by atoms with Gasteiger partial charge in [0.2, 0.25) is 0 Å². The van der Waals surface area contributed by atoms with Crippen LogP contribution >= 0.6 is 0 Å². The van der Waals surface area contributed by atoms with Gasteiger partial charge in [0, 0.05) is 6.21 Å². The molecule has 2 aromatic rings. The molecule has 0 amide bonds. The highest BCUT2D eigenvalue weighted by Gasteiger charge is 2.10. The highest BCUT2D eigenvalue weighted by Crippen LogP contribution is 2.22. The molecule has 122 valence electrons. The zero-order chi connectivity index (χ0) is 16.9. The normalized spacial score (nSPS) is 12.1. The van der Waals surface area contributed by atoms with Crippen LogP contribution in [0.5, 0.6) is 5.75 Å². The molecular formula is C21H27NO. The number of rotatable bonds is 5. The molecule has 0 atom stereocenters. The number of hydrogen-bond donors (Lipinski definition) is 0. The number of benzene rings is 2. The van der Waals surface area contributed by atoms with Gasteiger partial charge in [-0.1, -0.05) is 32.9 Å². The smallest absolute Gasteiger partial charge is 0.119 e. The number of ether oxygens (including phenoxy) is 1. The minimum Gasteiger partial charge on any atom is -0.491 e. The molecule has 0 saturated carbocycles. The summed E-state index contributed by atoms with van der Waals surface area (Å²) >= 11 is 0. The Kier molecular flexibility index (Phi) is 5.59.